The van der Waals surface area contributed by atoms with Crippen molar-refractivity contribution in [2.45, 2.75) is 0 Å². The Balaban J connectivity index is 3.28. The van der Waals surface area contributed by atoms with E-state index in [-0.39, 0.29) is 5.56 Å². The highest BCUT2D eigenvalue weighted by atomic mass is 79.9. The Hall–Kier alpha value is -1.43. The molecule has 0 spiro atoms. The van der Waals surface area contributed by atoms with Gasteiger partial charge in [-0.05, 0) is 6.07 Å². The summed E-state index contributed by atoms with van der Waals surface area (Å²) in [6.07, 6.45) is 3.00. The molecule has 6 heteroatoms. The lowest BCUT2D eigenvalue weighted by molar-refractivity contribution is -0.386. The van der Waals surface area contributed by atoms with Crippen LogP contribution in [0.4, 0.5) is 10.1 Å². The van der Waals surface area contributed by atoms with Gasteiger partial charge in [-0.3, -0.25) is 10.1 Å². The maximum Gasteiger partial charge on any atom is 0.314 e. The lowest BCUT2D eigenvalue weighted by Gasteiger charge is -2.00. The molecule has 0 unspecified atom stereocenters. The number of rotatable bonds is 3. The summed E-state index contributed by atoms with van der Waals surface area (Å²) in [7, 11) is 0. The highest BCUT2D eigenvalue weighted by Crippen LogP contribution is 2.31. The first kappa shape index (κ1) is 11.6. The average molecular weight is 276 g/mol. The van der Waals surface area contributed by atoms with Crippen molar-refractivity contribution in [3.8, 4) is 5.75 Å². The third-order valence-electron chi connectivity index (χ3n) is 1.67. The first-order valence-electron chi connectivity index (χ1n) is 3.95. The maximum atomic E-state index is 12.9. The molecule has 0 saturated heterocycles. The number of benzene rings is 1. The van der Waals surface area contributed by atoms with Gasteiger partial charge in [0, 0.05) is 10.9 Å². The molecule has 0 heterocycles. The molecule has 1 aromatic carbocycles. The Morgan fingerprint density at radius 2 is 2.27 bits per heavy atom. The molecule has 0 fully saturated rings. The summed E-state index contributed by atoms with van der Waals surface area (Å²) in [6.45, 7) is 0. The molecule has 1 rings (SSSR count). The Bertz CT molecular complexity index is 420. The van der Waals surface area contributed by atoms with Crippen LogP contribution < -0.4 is 0 Å². The van der Waals surface area contributed by atoms with Gasteiger partial charge < -0.3 is 5.11 Å². The Kier molecular flexibility index (Phi) is 3.79. The van der Waals surface area contributed by atoms with Gasteiger partial charge in [-0.1, -0.05) is 28.1 Å². The molecular weight excluding hydrogens is 269 g/mol. The second kappa shape index (κ2) is 4.88. The van der Waals surface area contributed by atoms with Crippen molar-refractivity contribution < 1.29 is 14.4 Å². The quantitative estimate of drug-likeness (QED) is 0.524. The third-order valence-corrected chi connectivity index (χ3v) is 2.04. The number of allylic oxidation sites excluding steroid dienone is 1. The molecule has 0 aliphatic rings. The van der Waals surface area contributed by atoms with Crippen LogP contribution in [0, 0.1) is 15.9 Å². The minimum absolute atomic E-state index is 0.0844. The Labute approximate surface area is 93.3 Å². The van der Waals surface area contributed by atoms with Crippen molar-refractivity contribution in [1.82, 2.24) is 0 Å². The molecule has 0 radical (unpaired) electrons. The molecular formula is C9H7BrFNO3. The summed E-state index contributed by atoms with van der Waals surface area (Å²) in [6, 6.07) is 1.71. The van der Waals surface area contributed by atoms with Crippen molar-refractivity contribution in [2.24, 2.45) is 0 Å². The smallest absolute Gasteiger partial charge is 0.314 e. The minimum atomic E-state index is -0.829. The molecule has 0 aliphatic carbocycles. The number of phenols is 1. The fourth-order valence-electron chi connectivity index (χ4n) is 1.04. The van der Waals surface area contributed by atoms with Crippen molar-refractivity contribution in [3.63, 3.8) is 0 Å². The second-order valence-corrected chi connectivity index (χ2v) is 3.32. The van der Waals surface area contributed by atoms with E-state index in [9.17, 15) is 19.6 Å². The van der Waals surface area contributed by atoms with Crippen LogP contribution in [0.2, 0.25) is 0 Å². The van der Waals surface area contributed by atoms with E-state index in [4.69, 9.17) is 0 Å². The molecule has 0 saturated carbocycles. The summed E-state index contributed by atoms with van der Waals surface area (Å²) in [5.41, 5.74) is -0.551. The van der Waals surface area contributed by atoms with Crippen LogP contribution in [0.15, 0.2) is 18.2 Å². The predicted octanol–water partition coefficient (Wildman–Crippen LogP) is 2.85. The summed E-state index contributed by atoms with van der Waals surface area (Å²) < 4.78 is 12.9. The molecule has 80 valence electrons. The summed E-state index contributed by atoms with van der Waals surface area (Å²) >= 11 is 3.10. The van der Waals surface area contributed by atoms with Gasteiger partial charge in [0.1, 0.15) is 5.82 Å². The number of aromatic hydroxyl groups is 1. The molecule has 1 N–H and O–H groups in total. The number of nitrogens with zero attached hydrogens (tertiary/aromatic N) is 1. The van der Waals surface area contributed by atoms with Crippen LogP contribution in [-0.2, 0) is 0 Å². The normalized spacial score (nSPS) is 10.8. The first-order chi connectivity index (χ1) is 7.06. The number of phenolic OH excluding ortho intramolecular Hbond substituents is 1. The van der Waals surface area contributed by atoms with Gasteiger partial charge in [0.15, 0.2) is 0 Å². The maximum absolute atomic E-state index is 12.9. The van der Waals surface area contributed by atoms with E-state index in [0.717, 1.165) is 6.07 Å². The molecule has 0 aromatic heterocycles. The number of halogens is 2. The van der Waals surface area contributed by atoms with Crippen molar-refractivity contribution in [2.75, 3.05) is 5.33 Å². The van der Waals surface area contributed by atoms with Crippen LogP contribution in [0.25, 0.3) is 6.08 Å². The lowest BCUT2D eigenvalue weighted by Crippen LogP contribution is -1.92. The fraction of sp³-hybridized carbons (Fsp3) is 0.111. The van der Waals surface area contributed by atoms with E-state index < -0.39 is 22.2 Å². The molecule has 1 aromatic rings. The zero-order chi connectivity index (χ0) is 11.4. The number of alkyl halides is 1. The number of nitro groups is 1. The predicted molar refractivity (Wildman–Crippen MR) is 57.5 cm³/mol. The highest BCUT2D eigenvalue weighted by Gasteiger charge is 2.17. The van der Waals surface area contributed by atoms with Crippen molar-refractivity contribution in [1.29, 1.82) is 0 Å². The van der Waals surface area contributed by atoms with Crippen molar-refractivity contribution in [3.05, 3.63) is 39.7 Å². The molecule has 0 amide bonds. The first-order valence-corrected chi connectivity index (χ1v) is 5.08. The Morgan fingerprint density at radius 1 is 1.60 bits per heavy atom. The van der Waals surface area contributed by atoms with E-state index in [2.05, 4.69) is 15.9 Å². The average Bonchev–Trinajstić information content (AvgIpc) is 2.18. The van der Waals surface area contributed by atoms with Gasteiger partial charge in [0.25, 0.3) is 0 Å². The van der Waals surface area contributed by atoms with Gasteiger partial charge in [0.05, 0.1) is 11.0 Å². The number of hydrogen-bond donors (Lipinski definition) is 1. The van der Waals surface area contributed by atoms with Gasteiger partial charge in [0.2, 0.25) is 5.75 Å². The molecule has 0 aliphatic heterocycles. The van der Waals surface area contributed by atoms with Crippen molar-refractivity contribution >= 4 is 27.7 Å². The van der Waals surface area contributed by atoms with E-state index >= 15 is 0 Å². The van der Waals surface area contributed by atoms with Gasteiger partial charge in [-0.25, -0.2) is 4.39 Å². The Morgan fingerprint density at radius 3 is 2.80 bits per heavy atom. The topological polar surface area (TPSA) is 63.4 Å². The van der Waals surface area contributed by atoms with Crippen LogP contribution in [0.5, 0.6) is 5.75 Å². The highest BCUT2D eigenvalue weighted by molar-refractivity contribution is 9.09. The lowest BCUT2D eigenvalue weighted by atomic mass is 10.1. The minimum Gasteiger partial charge on any atom is -0.502 e. The zero-order valence-corrected chi connectivity index (χ0v) is 9.07. The van der Waals surface area contributed by atoms with E-state index in [0.29, 0.717) is 11.4 Å². The summed E-state index contributed by atoms with van der Waals surface area (Å²) in [5.74, 6) is -1.28. The number of nitro benzene ring substituents is 1. The summed E-state index contributed by atoms with van der Waals surface area (Å²) in [5, 5.41) is 20.4. The molecule has 0 atom stereocenters. The second-order valence-electron chi connectivity index (χ2n) is 2.68. The van der Waals surface area contributed by atoms with Crippen LogP contribution in [0.3, 0.4) is 0 Å². The zero-order valence-electron chi connectivity index (χ0n) is 7.48. The van der Waals surface area contributed by atoms with Gasteiger partial charge >= 0.3 is 5.69 Å². The van der Waals surface area contributed by atoms with Gasteiger partial charge in [-0.2, -0.15) is 0 Å². The fourth-order valence-corrected chi connectivity index (χ4v) is 1.23. The molecule has 15 heavy (non-hydrogen) atoms. The third kappa shape index (κ3) is 2.76. The number of hydrogen-bond acceptors (Lipinski definition) is 3. The van der Waals surface area contributed by atoms with E-state index in [1.165, 1.54) is 6.08 Å². The van der Waals surface area contributed by atoms with Crippen LogP contribution in [-0.4, -0.2) is 15.4 Å². The standard InChI is InChI=1S/C9H7BrFNO3/c10-3-1-2-6-4-7(11)5-8(9(6)13)12(14)15/h1-2,4-5,13H,3H2. The molecule has 0 bridgehead atoms. The van der Waals surface area contributed by atoms with E-state index in [1.54, 1.807) is 6.08 Å². The van der Waals surface area contributed by atoms with Crippen LogP contribution >= 0.6 is 15.9 Å². The monoisotopic (exact) mass is 275 g/mol. The van der Waals surface area contributed by atoms with E-state index in [1.807, 2.05) is 0 Å². The van der Waals surface area contributed by atoms with Crippen LogP contribution in [0.1, 0.15) is 5.56 Å². The largest absolute Gasteiger partial charge is 0.502 e. The van der Waals surface area contributed by atoms with Gasteiger partial charge in [-0.15, -0.1) is 0 Å². The summed E-state index contributed by atoms with van der Waals surface area (Å²) in [4.78, 5) is 9.62. The SMILES string of the molecule is O=[N+]([O-])c1cc(F)cc(C=CCBr)c1O. The molecule has 4 nitrogen and oxygen atoms in total.